The molecule has 0 radical (unpaired) electrons. The first-order chi connectivity index (χ1) is 7.65. The van der Waals surface area contributed by atoms with E-state index in [1.165, 1.54) is 0 Å². The molecule has 0 aliphatic rings. The Morgan fingerprint density at radius 2 is 2.44 bits per heavy atom. The van der Waals surface area contributed by atoms with Crippen molar-refractivity contribution in [2.75, 3.05) is 11.9 Å². The van der Waals surface area contributed by atoms with Crippen LogP contribution in [-0.4, -0.2) is 17.4 Å². The molecule has 1 atom stereocenters. The minimum atomic E-state index is -0.0818. The highest BCUT2D eigenvalue weighted by Gasteiger charge is 2.13. The third kappa shape index (κ3) is 3.79. The fraction of sp³-hybridized carbons (Fsp3) is 0.455. The number of rotatable bonds is 5. The zero-order valence-electron chi connectivity index (χ0n) is 9.24. The van der Waals surface area contributed by atoms with Crippen LogP contribution in [0.25, 0.3) is 0 Å². The van der Waals surface area contributed by atoms with Crippen molar-refractivity contribution in [1.29, 1.82) is 0 Å². The first-order valence-electron chi connectivity index (χ1n) is 5.26. The molecule has 0 fully saturated rings. The van der Waals surface area contributed by atoms with Crippen molar-refractivity contribution in [2.24, 2.45) is 11.7 Å². The number of carbonyl (C=O) groups is 1. The molecular weight excluding hydrogens is 226 g/mol. The number of anilines is 1. The predicted molar refractivity (Wildman–Crippen MR) is 65.3 cm³/mol. The minimum absolute atomic E-state index is 0.0750. The summed E-state index contributed by atoms with van der Waals surface area (Å²) in [6.07, 6.45) is 3.20. The van der Waals surface area contributed by atoms with Crippen LogP contribution in [0.2, 0.25) is 5.02 Å². The minimum Gasteiger partial charge on any atom is -0.330 e. The summed E-state index contributed by atoms with van der Waals surface area (Å²) in [7, 11) is 0. The topological polar surface area (TPSA) is 68.0 Å². The molecule has 0 aliphatic carbocycles. The summed E-state index contributed by atoms with van der Waals surface area (Å²) < 4.78 is 0. The Balaban J connectivity index is 2.54. The van der Waals surface area contributed by atoms with Crippen molar-refractivity contribution >= 4 is 23.3 Å². The number of aromatic nitrogens is 1. The van der Waals surface area contributed by atoms with Gasteiger partial charge in [0.1, 0.15) is 0 Å². The monoisotopic (exact) mass is 241 g/mol. The Labute approximate surface area is 100 Å². The van der Waals surface area contributed by atoms with Gasteiger partial charge in [0.05, 0.1) is 5.02 Å². The lowest BCUT2D eigenvalue weighted by atomic mass is 10.1. The van der Waals surface area contributed by atoms with Crippen LogP contribution >= 0.6 is 11.6 Å². The van der Waals surface area contributed by atoms with E-state index in [0.717, 1.165) is 12.8 Å². The van der Waals surface area contributed by atoms with Crippen LogP contribution in [0, 0.1) is 5.92 Å². The van der Waals surface area contributed by atoms with E-state index in [-0.39, 0.29) is 11.8 Å². The lowest BCUT2D eigenvalue weighted by Crippen LogP contribution is -2.21. The van der Waals surface area contributed by atoms with Crippen molar-refractivity contribution in [1.82, 2.24) is 4.98 Å². The third-order valence-corrected chi connectivity index (χ3v) is 2.59. The molecule has 1 aromatic rings. The number of pyridine rings is 1. The molecule has 0 aromatic carbocycles. The molecule has 1 heterocycles. The Morgan fingerprint density at radius 3 is 3.06 bits per heavy atom. The lowest BCUT2D eigenvalue weighted by Gasteiger charge is -2.11. The van der Waals surface area contributed by atoms with Crippen molar-refractivity contribution in [3.8, 4) is 0 Å². The van der Waals surface area contributed by atoms with Gasteiger partial charge in [-0.2, -0.15) is 0 Å². The van der Waals surface area contributed by atoms with Crippen molar-refractivity contribution in [3.05, 3.63) is 23.4 Å². The van der Waals surface area contributed by atoms with E-state index in [1.807, 2.05) is 6.92 Å². The third-order valence-electron chi connectivity index (χ3n) is 2.29. The maximum atomic E-state index is 11.7. The Hall–Kier alpha value is -1.13. The van der Waals surface area contributed by atoms with Gasteiger partial charge in [0, 0.05) is 12.1 Å². The van der Waals surface area contributed by atoms with Crippen molar-refractivity contribution in [2.45, 2.75) is 19.8 Å². The van der Waals surface area contributed by atoms with Crippen LogP contribution in [0.1, 0.15) is 19.8 Å². The highest BCUT2D eigenvalue weighted by molar-refractivity contribution is 6.33. The first kappa shape index (κ1) is 12.9. The largest absolute Gasteiger partial charge is 0.330 e. The van der Waals surface area contributed by atoms with Crippen LogP contribution in [0.15, 0.2) is 18.3 Å². The number of hydrogen-bond acceptors (Lipinski definition) is 3. The number of hydrogen-bond donors (Lipinski definition) is 2. The molecule has 0 saturated carbocycles. The molecule has 3 N–H and O–H groups in total. The van der Waals surface area contributed by atoms with Gasteiger partial charge >= 0.3 is 0 Å². The Kier molecular flexibility index (Phi) is 5.22. The molecular formula is C11H16ClN3O. The van der Waals surface area contributed by atoms with Gasteiger partial charge in [-0.3, -0.25) is 4.79 Å². The number of carbonyl (C=O) groups excluding carboxylic acids is 1. The van der Waals surface area contributed by atoms with Gasteiger partial charge in [-0.05, 0) is 31.5 Å². The molecule has 5 heteroatoms. The number of nitrogens with two attached hydrogens (primary N) is 1. The zero-order valence-corrected chi connectivity index (χ0v) is 10.00. The fourth-order valence-electron chi connectivity index (χ4n) is 1.27. The average molecular weight is 242 g/mol. The second kappa shape index (κ2) is 6.45. The Morgan fingerprint density at radius 1 is 1.69 bits per heavy atom. The first-order valence-corrected chi connectivity index (χ1v) is 5.64. The van der Waals surface area contributed by atoms with Gasteiger partial charge in [0.15, 0.2) is 5.82 Å². The van der Waals surface area contributed by atoms with E-state index < -0.39 is 0 Å². The number of nitrogens with zero attached hydrogens (tertiary/aromatic N) is 1. The van der Waals surface area contributed by atoms with E-state index >= 15 is 0 Å². The summed E-state index contributed by atoms with van der Waals surface area (Å²) >= 11 is 5.88. The van der Waals surface area contributed by atoms with Gasteiger partial charge in [-0.25, -0.2) is 4.98 Å². The van der Waals surface area contributed by atoms with E-state index in [9.17, 15) is 4.79 Å². The lowest BCUT2D eigenvalue weighted by molar-refractivity contribution is -0.119. The molecule has 1 amide bonds. The summed E-state index contributed by atoms with van der Waals surface area (Å²) in [4.78, 5) is 15.7. The van der Waals surface area contributed by atoms with Crippen molar-refractivity contribution < 1.29 is 4.79 Å². The van der Waals surface area contributed by atoms with Crippen LogP contribution in [0.3, 0.4) is 0 Å². The molecule has 0 aliphatic heterocycles. The second-order valence-corrected chi connectivity index (χ2v) is 4.06. The average Bonchev–Trinajstić information content (AvgIpc) is 2.28. The van der Waals surface area contributed by atoms with E-state index in [4.69, 9.17) is 17.3 Å². The maximum absolute atomic E-state index is 11.7. The summed E-state index contributed by atoms with van der Waals surface area (Å²) in [5.41, 5.74) is 5.39. The zero-order chi connectivity index (χ0) is 12.0. The molecule has 4 nitrogen and oxygen atoms in total. The molecule has 0 saturated heterocycles. The number of halogens is 1. The van der Waals surface area contributed by atoms with Gasteiger partial charge in [-0.15, -0.1) is 0 Å². The number of amides is 1. The van der Waals surface area contributed by atoms with E-state index in [1.54, 1.807) is 18.3 Å². The van der Waals surface area contributed by atoms with Gasteiger partial charge in [0.2, 0.25) is 5.91 Å². The van der Waals surface area contributed by atoms with E-state index in [0.29, 0.717) is 17.4 Å². The highest BCUT2D eigenvalue weighted by atomic mass is 35.5. The second-order valence-electron chi connectivity index (χ2n) is 3.66. The summed E-state index contributed by atoms with van der Waals surface area (Å²) in [6, 6.07) is 3.41. The normalized spacial score (nSPS) is 12.2. The standard InChI is InChI=1S/C11H16ClN3O/c1-8(4-2-6-13)11(16)15-10-9(12)5-3-7-14-10/h3,5,7-8H,2,4,6,13H2,1H3,(H,14,15,16). The van der Waals surface area contributed by atoms with Gasteiger partial charge in [-0.1, -0.05) is 18.5 Å². The van der Waals surface area contributed by atoms with E-state index in [2.05, 4.69) is 10.3 Å². The predicted octanol–water partition coefficient (Wildman–Crippen LogP) is 2.05. The quantitative estimate of drug-likeness (QED) is 0.829. The molecule has 0 bridgehead atoms. The Bertz CT molecular complexity index is 357. The smallest absolute Gasteiger partial charge is 0.228 e. The molecule has 0 spiro atoms. The van der Waals surface area contributed by atoms with Gasteiger partial charge in [0.25, 0.3) is 0 Å². The van der Waals surface area contributed by atoms with Crippen LogP contribution in [0.5, 0.6) is 0 Å². The van der Waals surface area contributed by atoms with Crippen LogP contribution in [-0.2, 0) is 4.79 Å². The van der Waals surface area contributed by atoms with Gasteiger partial charge < -0.3 is 11.1 Å². The molecule has 1 unspecified atom stereocenters. The summed E-state index contributed by atoms with van der Waals surface area (Å²) in [5.74, 6) is 0.254. The summed E-state index contributed by atoms with van der Waals surface area (Å²) in [6.45, 7) is 2.46. The fourth-order valence-corrected chi connectivity index (χ4v) is 1.44. The van der Waals surface area contributed by atoms with Crippen LogP contribution in [0.4, 0.5) is 5.82 Å². The van der Waals surface area contributed by atoms with Crippen molar-refractivity contribution in [3.63, 3.8) is 0 Å². The molecule has 88 valence electrons. The highest BCUT2D eigenvalue weighted by Crippen LogP contribution is 2.18. The SMILES string of the molecule is CC(CCCN)C(=O)Nc1ncccc1Cl. The summed E-state index contributed by atoms with van der Waals surface area (Å²) in [5, 5.41) is 3.14. The molecule has 16 heavy (non-hydrogen) atoms. The molecule has 1 rings (SSSR count). The number of nitrogens with one attached hydrogen (secondary N) is 1. The molecule has 1 aromatic heterocycles. The van der Waals surface area contributed by atoms with Crippen LogP contribution < -0.4 is 11.1 Å². The maximum Gasteiger partial charge on any atom is 0.228 e.